The van der Waals surface area contributed by atoms with Crippen LogP contribution in [0.25, 0.3) is 0 Å². The number of nitrogens with zero attached hydrogens (tertiary/aromatic N) is 1. The van der Waals surface area contributed by atoms with E-state index in [1.165, 1.54) is 12.0 Å². The van der Waals surface area contributed by atoms with E-state index >= 15 is 0 Å². The average Bonchev–Trinajstić information content (AvgIpc) is 2.66. The first kappa shape index (κ1) is 14.3. The van der Waals surface area contributed by atoms with Gasteiger partial charge in [0.25, 0.3) is 5.91 Å². The summed E-state index contributed by atoms with van der Waals surface area (Å²) in [6, 6.07) is 5.30. The summed E-state index contributed by atoms with van der Waals surface area (Å²) in [5.74, 6) is -1.37. The molecule has 1 aliphatic rings. The van der Waals surface area contributed by atoms with Crippen LogP contribution in [0.3, 0.4) is 0 Å². The second-order valence-electron chi connectivity index (χ2n) is 4.75. The van der Waals surface area contributed by atoms with Crippen molar-refractivity contribution in [2.24, 2.45) is 0 Å². The van der Waals surface area contributed by atoms with Crippen molar-refractivity contribution in [2.45, 2.75) is 19.4 Å². The van der Waals surface area contributed by atoms with Gasteiger partial charge in [-0.3, -0.25) is 4.79 Å². The van der Waals surface area contributed by atoms with Gasteiger partial charge in [-0.05, 0) is 19.9 Å². The molecule has 0 aliphatic carbocycles. The standard InChI is InChI=1S/C15H17NO4/c1-5-16-12-7-6-9(2)8-11(12)15(19,14(16)18)10(3)13(17)20-4/h6-8,19H,3,5H2,1-2,4H3. The van der Waals surface area contributed by atoms with Gasteiger partial charge < -0.3 is 14.7 Å². The molecule has 106 valence electrons. The quantitative estimate of drug-likeness (QED) is 0.666. The van der Waals surface area contributed by atoms with Crippen LogP contribution >= 0.6 is 0 Å². The molecular weight excluding hydrogens is 258 g/mol. The molecule has 2 rings (SSSR count). The first-order valence-electron chi connectivity index (χ1n) is 6.31. The number of benzene rings is 1. The summed E-state index contributed by atoms with van der Waals surface area (Å²) in [6.07, 6.45) is 0. The number of carbonyl (C=O) groups excluding carboxylic acids is 2. The van der Waals surface area contributed by atoms with Crippen LogP contribution in [0.5, 0.6) is 0 Å². The third-order valence-electron chi connectivity index (χ3n) is 3.57. The number of carbonyl (C=O) groups is 2. The molecule has 1 atom stereocenters. The molecule has 1 N–H and O–H groups in total. The van der Waals surface area contributed by atoms with E-state index in [1.807, 2.05) is 13.0 Å². The van der Waals surface area contributed by atoms with Gasteiger partial charge in [-0.25, -0.2) is 4.79 Å². The molecule has 0 fully saturated rings. The number of ether oxygens (including phenoxy) is 1. The lowest BCUT2D eigenvalue weighted by atomic mass is 9.87. The first-order valence-corrected chi connectivity index (χ1v) is 6.31. The van der Waals surface area contributed by atoms with Crippen molar-refractivity contribution in [3.8, 4) is 0 Å². The third-order valence-corrected chi connectivity index (χ3v) is 3.57. The topological polar surface area (TPSA) is 66.8 Å². The second-order valence-corrected chi connectivity index (χ2v) is 4.75. The summed E-state index contributed by atoms with van der Waals surface area (Å²) >= 11 is 0. The smallest absolute Gasteiger partial charge is 0.336 e. The second kappa shape index (κ2) is 4.76. The minimum Gasteiger partial charge on any atom is -0.466 e. The van der Waals surface area contributed by atoms with Crippen molar-refractivity contribution in [1.82, 2.24) is 0 Å². The number of anilines is 1. The zero-order valence-corrected chi connectivity index (χ0v) is 11.8. The van der Waals surface area contributed by atoms with Gasteiger partial charge in [-0.2, -0.15) is 0 Å². The Morgan fingerprint density at radius 2 is 2.15 bits per heavy atom. The van der Waals surface area contributed by atoms with E-state index in [-0.39, 0.29) is 5.57 Å². The number of likely N-dealkylation sites (N-methyl/N-ethyl adjacent to an activating group) is 1. The van der Waals surface area contributed by atoms with Crippen molar-refractivity contribution in [2.75, 3.05) is 18.6 Å². The summed E-state index contributed by atoms with van der Waals surface area (Å²) < 4.78 is 4.58. The molecule has 1 heterocycles. The van der Waals surface area contributed by atoms with Gasteiger partial charge in [0.05, 0.1) is 18.4 Å². The molecule has 1 aromatic rings. The van der Waals surface area contributed by atoms with Crippen LogP contribution in [0.15, 0.2) is 30.4 Å². The summed E-state index contributed by atoms with van der Waals surface area (Å²) in [7, 11) is 1.19. The minimum absolute atomic E-state index is 0.271. The Bertz CT molecular complexity index is 608. The van der Waals surface area contributed by atoms with Crippen molar-refractivity contribution < 1.29 is 19.4 Å². The van der Waals surface area contributed by atoms with Crippen molar-refractivity contribution in [1.29, 1.82) is 0 Å². The van der Waals surface area contributed by atoms with Crippen LogP contribution in [-0.4, -0.2) is 30.6 Å². The summed E-state index contributed by atoms with van der Waals surface area (Å²) in [6.45, 7) is 7.60. The number of aliphatic hydroxyl groups is 1. The fourth-order valence-electron chi connectivity index (χ4n) is 2.47. The summed E-state index contributed by atoms with van der Waals surface area (Å²) in [5.41, 5.74) is -0.474. The normalized spacial score (nSPS) is 20.8. The molecule has 0 saturated carbocycles. The first-order chi connectivity index (χ1) is 9.37. The van der Waals surface area contributed by atoms with E-state index in [1.54, 1.807) is 19.1 Å². The maximum Gasteiger partial charge on any atom is 0.336 e. The number of hydrogen-bond donors (Lipinski definition) is 1. The number of fused-ring (bicyclic) bond motifs is 1. The maximum atomic E-state index is 12.5. The van der Waals surface area contributed by atoms with E-state index in [4.69, 9.17) is 0 Å². The summed E-state index contributed by atoms with van der Waals surface area (Å²) in [5, 5.41) is 10.8. The van der Waals surface area contributed by atoms with Crippen LogP contribution < -0.4 is 4.90 Å². The minimum atomic E-state index is -2.05. The molecule has 0 radical (unpaired) electrons. The number of amides is 1. The molecule has 0 aromatic heterocycles. The fourth-order valence-corrected chi connectivity index (χ4v) is 2.47. The number of rotatable bonds is 3. The van der Waals surface area contributed by atoms with Crippen LogP contribution in [0.4, 0.5) is 5.69 Å². The summed E-state index contributed by atoms with van der Waals surface area (Å²) in [4.78, 5) is 25.6. The molecule has 1 aliphatic heterocycles. The van der Waals surface area contributed by atoms with Gasteiger partial charge in [0.1, 0.15) is 0 Å². The van der Waals surface area contributed by atoms with Crippen molar-refractivity contribution in [3.63, 3.8) is 0 Å². The Morgan fingerprint density at radius 1 is 1.50 bits per heavy atom. The van der Waals surface area contributed by atoms with Crippen LogP contribution in [-0.2, 0) is 19.9 Å². The zero-order valence-electron chi connectivity index (χ0n) is 11.8. The molecular formula is C15H17NO4. The van der Waals surface area contributed by atoms with Gasteiger partial charge in [0, 0.05) is 12.1 Å². The number of hydrogen-bond acceptors (Lipinski definition) is 4. The van der Waals surface area contributed by atoms with Gasteiger partial charge in [-0.15, -0.1) is 0 Å². The lowest BCUT2D eigenvalue weighted by Crippen LogP contribution is -2.43. The molecule has 1 unspecified atom stereocenters. The highest BCUT2D eigenvalue weighted by atomic mass is 16.5. The van der Waals surface area contributed by atoms with Crippen LogP contribution in [0, 0.1) is 6.92 Å². The van der Waals surface area contributed by atoms with Crippen molar-refractivity contribution in [3.05, 3.63) is 41.5 Å². The Balaban J connectivity index is 2.66. The Labute approximate surface area is 117 Å². The van der Waals surface area contributed by atoms with Gasteiger partial charge >= 0.3 is 5.97 Å². The average molecular weight is 275 g/mol. The molecule has 0 saturated heterocycles. The Kier molecular flexibility index (Phi) is 3.39. The van der Waals surface area contributed by atoms with E-state index in [0.717, 1.165) is 5.56 Å². The SMILES string of the molecule is C=C(C(=O)OC)C1(O)C(=O)N(CC)c2ccc(C)cc21. The zero-order chi connectivity index (χ0) is 15.1. The highest BCUT2D eigenvalue weighted by Gasteiger charge is 2.53. The third kappa shape index (κ3) is 1.74. The Morgan fingerprint density at radius 3 is 2.70 bits per heavy atom. The molecule has 1 amide bonds. The van der Waals surface area contributed by atoms with Gasteiger partial charge in [0.2, 0.25) is 5.60 Å². The molecule has 5 nitrogen and oxygen atoms in total. The predicted molar refractivity (Wildman–Crippen MR) is 74.3 cm³/mol. The fraction of sp³-hybridized carbons (Fsp3) is 0.333. The molecule has 0 spiro atoms. The lowest BCUT2D eigenvalue weighted by molar-refractivity contribution is -0.144. The van der Waals surface area contributed by atoms with E-state index in [2.05, 4.69) is 11.3 Å². The van der Waals surface area contributed by atoms with Crippen LogP contribution in [0.2, 0.25) is 0 Å². The monoisotopic (exact) mass is 275 g/mol. The van der Waals surface area contributed by atoms with Gasteiger partial charge in [-0.1, -0.05) is 24.3 Å². The van der Waals surface area contributed by atoms with E-state index < -0.39 is 17.5 Å². The molecule has 5 heteroatoms. The highest BCUT2D eigenvalue weighted by molar-refractivity contribution is 6.13. The van der Waals surface area contributed by atoms with Crippen LogP contribution in [0.1, 0.15) is 18.1 Å². The Hall–Kier alpha value is -2.14. The van der Waals surface area contributed by atoms with E-state index in [9.17, 15) is 14.7 Å². The molecule has 0 bridgehead atoms. The largest absolute Gasteiger partial charge is 0.466 e. The predicted octanol–water partition coefficient (Wildman–Crippen LogP) is 1.28. The number of esters is 1. The van der Waals surface area contributed by atoms with Crippen molar-refractivity contribution >= 4 is 17.6 Å². The molecule has 1 aromatic carbocycles. The molecule has 20 heavy (non-hydrogen) atoms. The van der Waals surface area contributed by atoms with E-state index in [0.29, 0.717) is 17.8 Å². The lowest BCUT2D eigenvalue weighted by Gasteiger charge is -2.23. The highest BCUT2D eigenvalue weighted by Crippen LogP contribution is 2.44. The number of aryl methyl sites for hydroxylation is 1. The maximum absolute atomic E-state index is 12.5. The van der Waals surface area contributed by atoms with Gasteiger partial charge in [0.15, 0.2) is 0 Å². The number of methoxy groups -OCH3 is 1.